The van der Waals surface area contributed by atoms with E-state index < -0.39 is 5.91 Å². The summed E-state index contributed by atoms with van der Waals surface area (Å²) in [5.41, 5.74) is 1.30. The number of carbonyl (C=O) groups excluding carboxylic acids is 1. The molecule has 0 N–H and O–H groups in total. The van der Waals surface area contributed by atoms with Gasteiger partial charge in [-0.25, -0.2) is 0 Å². The lowest BCUT2D eigenvalue weighted by atomic mass is 10.1. The van der Waals surface area contributed by atoms with E-state index in [2.05, 4.69) is 29.8 Å². The lowest BCUT2D eigenvalue weighted by Gasteiger charge is -2.03. The summed E-state index contributed by atoms with van der Waals surface area (Å²) in [5.74, 6) is -0.420. The van der Waals surface area contributed by atoms with Gasteiger partial charge in [-0.3, -0.25) is 4.79 Å². The van der Waals surface area contributed by atoms with Crippen molar-refractivity contribution in [1.82, 2.24) is 4.57 Å². The molecule has 1 amide bonds. The smallest absolute Gasteiger partial charge is 0.281 e. The summed E-state index contributed by atoms with van der Waals surface area (Å²) < 4.78 is 3.06. The van der Waals surface area contributed by atoms with Gasteiger partial charge in [0, 0.05) is 17.0 Å². The molecule has 4 aromatic rings. The van der Waals surface area contributed by atoms with E-state index in [1.165, 1.54) is 17.4 Å². The Morgan fingerprint density at radius 3 is 2.78 bits per heavy atom. The maximum atomic E-state index is 12.7. The number of halogens is 2. The van der Waals surface area contributed by atoms with E-state index >= 15 is 0 Å². The fourth-order valence-electron chi connectivity index (χ4n) is 3.00. The van der Waals surface area contributed by atoms with E-state index in [0.717, 1.165) is 21.0 Å². The van der Waals surface area contributed by atoms with Crippen LogP contribution in [0.5, 0.6) is 0 Å². The minimum atomic E-state index is -0.420. The number of nitrogens with zero attached hydrogens (tertiary/aromatic N) is 2. The van der Waals surface area contributed by atoms with Crippen LogP contribution >= 0.6 is 34.5 Å². The molecule has 0 atom stereocenters. The normalized spacial score (nSPS) is 12.0. The maximum Gasteiger partial charge on any atom is 0.281 e. The number of fused-ring (bicyclic) bond motifs is 3. The second-order valence-electron chi connectivity index (χ2n) is 5.96. The van der Waals surface area contributed by atoms with Gasteiger partial charge in [0.1, 0.15) is 0 Å². The Bertz CT molecular complexity index is 1270. The van der Waals surface area contributed by atoms with Crippen molar-refractivity contribution in [3.05, 3.63) is 87.7 Å². The number of hydrogen-bond acceptors (Lipinski definition) is 2. The molecule has 4 rings (SSSR count). The van der Waals surface area contributed by atoms with E-state index in [1.807, 2.05) is 22.8 Å². The summed E-state index contributed by atoms with van der Waals surface area (Å²) in [6, 6.07) is 17.1. The molecule has 0 saturated heterocycles. The van der Waals surface area contributed by atoms with Crippen LogP contribution in [0, 0.1) is 0 Å². The van der Waals surface area contributed by atoms with E-state index in [-0.39, 0.29) is 5.56 Å². The van der Waals surface area contributed by atoms with Crippen molar-refractivity contribution in [3.8, 4) is 0 Å². The molecule has 27 heavy (non-hydrogen) atoms. The molecular formula is C21H14Cl2N2OS. The minimum Gasteiger partial charge on any atom is -0.312 e. The molecule has 0 saturated carbocycles. The van der Waals surface area contributed by atoms with Crippen LogP contribution in [0.4, 0.5) is 0 Å². The largest absolute Gasteiger partial charge is 0.312 e. The number of benzene rings is 3. The van der Waals surface area contributed by atoms with Crippen LogP contribution in [-0.4, -0.2) is 10.5 Å². The van der Waals surface area contributed by atoms with E-state index in [1.54, 1.807) is 18.2 Å². The molecule has 3 aromatic carbocycles. The summed E-state index contributed by atoms with van der Waals surface area (Å²) in [4.78, 5) is 17.7. The second-order valence-corrected chi connectivity index (χ2v) is 7.78. The molecule has 1 aromatic heterocycles. The van der Waals surface area contributed by atoms with Gasteiger partial charge in [-0.15, -0.1) is 6.58 Å². The minimum absolute atomic E-state index is 0.289. The first-order valence-corrected chi connectivity index (χ1v) is 9.82. The van der Waals surface area contributed by atoms with Gasteiger partial charge in [0.05, 0.1) is 20.8 Å². The van der Waals surface area contributed by atoms with Crippen LogP contribution in [-0.2, 0) is 6.54 Å². The fraction of sp³-hybridized carbons (Fsp3) is 0.0476. The molecule has 0 spiro atoms. The summed E-state index contributed by atoms with van der Waals surface area (Å²) in [6.07, 6.45) is 1.79. The van der Waals surface area contributed by atoms with Gasteiger partial charge in [0.15, 0.2) is 4.80 Å². The van der Waals surface area contributed by atoms with Gasteiger partial charge in [-0.2, -0.15) is 4.99 Å². The summed E-state index contributed by atoms with van der Waals surface area (Å²) in [6.45, 7) is 4.38. The third-order valence-corrected chi connectivity index (χ3v) is 5.93. The number of allylic oxidation sites excluding steroid dienone is 1. The summed E-state index contributed by atoms with van der Waals surface area (Å²) in [7, 11) is 0. The van der Waals surface area contributed by atoms with Gasteiger partial charge < -0.3 is 4.57 Å². The molecule has 0 aliphatic rings. The molecular weight excluding hydrogens is 399 g/mol. The highest BCUT2D eigenvalue weighted by molar-refractivity contribution is 7.17. The zero-order valence-corrected chi connectivity index (χ0v) is 16.5. The lowest BCUT2D eigenvalue weighted by molar-refractivity contribution is 0.0998. The van der Waals surface area contributed by atoms with Gasteiger partial charge >= 0.3 is 0 Å². The fourth-order valence-corrected chi connectivity index (χ4v) is 4.54. The maximum absolute atomic E-state index is 12.7. The van der Waals surface area contributed by atoms with Crippen LogP contribution in [0.2, 0.25) is 10.0 Å². The molecule has 3 nitrogen and oxygen atoms in total. The average molecular weight is 413 g/mol. The zero-order chi connectivity index (χ0) is 19.0. The van der Waals surface area contributed by atoms with Crippen LogP contribution < -0.4 is 4.80 Å². The molecule has 0 bridgehead atoms. The van der Waals surface area contributed by atoms with E-state index in [9.17, 15) is 4.79 Å². The molecule has 0 fully saturated rings. The number of aromatic nitrogens is 1. The summed E-state index contributed by atoms with van der Waals surface area (Å²) >= 11 is 13.6. The van der Waals surface area contributed by atoms with Crippen molar-refractivity contribution in [1.29, 1.82) is 0 Å². The Morgan fingerprint density at radius 2 is 1.96 bits per heavy atom. The average Bonchev–Trinajstić information content (AvgIpc) is 3.01. The highest BCUT2D eigenvalue weighted by Crippen LogP contribution is 2.28. The first kappa shape index (κ1) is 18.0. The van der Waals surface area contributed by atoms with Gasteiger partial charge in [0.25, 0.3) is 5.91 Å². The number of thiazole rings is 1. The summed E-state index contributed by atoms with van der Waals surface area (Å²) in [5, 5.41) is 3.05. The monoisotopic (exact) mass is 412 g/mol. The van der Waals surface area contributed by atoms with E-state index in [0.29, 0.717) is 21.4 Å². The molecule has 1 heterocycles. The van der Waals surface area contributed by atoms with Crippen LogP contribution in [0.1, 0.15) is 10.4 Å². The van der Waals surface area contributed by atoms with Crippen molar-refractivity contribution in [3.63, 3.8) is 0 Å². The van der Waals surface area contributed by atoms with Crippen molar-refractivity contribution in [2.75, 3.05) is 0 Å². The molecule has 134 valence electrons. The van der Waals surface area contributed by atoms with Crippen molar-refractivity contribution in [2.24, 2.45) is 4.99 Å². The van der Waals surface area contributed by atoms with Gasteiger partial charge in [-0.05, 0) is 29.7 Å². The predicted molar refractivity (Wildman–Crippen MR) is 114 cm³/mol. The third kappa shape index (κ3) is 3.32. The lowest BCUT2D eigenvalue weighted by Crippen LogP contribution is -2.16. The van der Waals surface area contributed by atoms with Crippen molar-refractivity contribution >= 4 is 61.4 Å². The quantitative estimate of drug-likeness (QED) is 0.374. The Balaban J connectivity index is 1.97. The number of rotatable bonds is 3. The van der Waals surface area contributed by atoms with Crippen molar-refractivity contribution < 1.29 is 4.79 Å². The second kappa shape index (κ2) is 7.31. The standard InChI is InChI=1S/C21H14Cl2N2OS/c1-2-11-25-18-10-7-13-5-3-4-6-15(13)19(18)27-21(25)24-20(26)16-12-14(22)8-9-17(16)23/h2-10,12H,1,11H2. The SMILES string of the molecule is C=CCn1c(=NC(=O)c2cc(Cl)ccc2Cl)sc2c3ccccc3ccc21. The Morgan fingerprint density at radius 1 is 1.15 bits per heavy atom. The zero-order valence-electron chi connectivity index (χ0n) is 14.2. The van der Waals surface area contributed by atoms with Crippen molar-refractivity contribution in [2.45, 2.75) is 6.54 Å². The Hall–Kier alpha value is -2.40. The van der Waals surface area contributed by atoms with Gasteiger partial charge in [0.2, 0.25) is 0 Å². The first-order chi connectivity index (χ1) is 13.1. The predicted octanol–water partition coefficient (Wildman–Crippen LogP) is 6.09. The highest BCUT2D eigenvalue weighted by Gasteiger charge is 2.13. The third-order valence-electron chi connectivity index (χ3n) is 4.24. The Labute approximate surface area is 169 Å². The molecule has 0 radical (unpaired) electrons. The topological polar surface area (TPSA) is 34.4 Å². The first-order valence-electron chi connectivity index (χ1n) is 8.24. The number of carbonyl (C=O) groups is 1. The van der Waals surface area contributed by atoms with Crippen LogP contribution in [0.25, 0.3) is 21.0 Å². The number of hydrogen-bond donors (Lipinski definition) is 0. The molecule has 0 unspecified atom stereocenters. The highest BCUT2D eigenvalue weighted by atomic mass is 35.5. The van der Waals surface area contributed by atoms with Gasteiger partial charge in [-0.1, -0.05) is 70.9 Å². The van der Waals surface area contributed by atoms with Crippen LogP contribution in [0.3, 0.4) is 0 Å². The Kier molecular flexibility index (Phi) is 4.87. The number of amides is 1. The van der Waals surface area contributed by atoms with E-state index in [4.69, 9.17) is 23.2 Å². The molecule has 0 aliphatic heterocycles. The molecule has 0 aliphatic carbocycles. The molecule has 6 heteroatoms. The van der Waals surface area contributed by atoms with Crippen LogP contribution in [0.15, 0.2) is 72.2 Å².